The van der Waals surface area contributed by atoms with Gasteiger partial charge in [-0.25, -0.2) is 4.79 Å². The summed E-state index contributed by atoms with van der Waals surface area (Å²) in [5.74, 6) is -1.63. The van der Waals surface area contributed by atoms with Crippen molar-refractivity contribution in [1.29, 1.82) is 0 Å². The standard InChI is InChI=1S/C11H12N2O4/c12-8(11(15)17-16)5-7-6-3-1-2-4-9(6)13-10(7)14/h1-4,7-8,16H,5,12H2,(H,13,14). The number of carbonyl (C=O) groups is 2. The van der Waals surface area contributed by atoms with Crippen molar-refractivity contribution in [3.63, 3.8) is 0 Å². The van der Waals surface area contributed by atoms with Crippen molar-refractivity contribution in [2.75, 3.05) is 5.32 Å². The van der Waals surface area contributed by atoms with Gasteiger partial charge in [-0.2, -0.15) is 5.26 Å². The zero-order chi connectivity index (χ0) is 12.4. The van der Waals surface area contributed by atoms with Crippen LogP contribution in [0.3, 0.4) is 0 Å². The molecule has 2 rings (SSSR count). The Morgan fingerprint density at radius 2 is 2.24 bits per heavy atom. The van der Waals surface area contributed by atoms with Crippen molar-refractivity contribution in [1.82, 2.24) is 0 Å². The zero-order valence-electron chi connectivity index (χ0n) is 8.92. The molecule has 2 atom stereocenters. The number of amides is 1. The van der Waals surface area contributed by atoms with Gasteiger partial charge < -0.3 is 11.1 Å². The van der Waals surface area contributed by atoms with Gasteiger partial charge in [-0.15, -0.1) is 0 Å². The average molecular weight is 236 g/mol. The Kier molecular flexibility index (Phi) is 3.08. The number of fused-ring (bicyclic) bond motifs is 1. The van der Waals surface area contributed by atoms with Crippen LogP contribution < -0.4 is 11.1 Å². The summed E-state index contributed by atoms with van der Waals surface area (Å²) in [5.41, 5.74) is 7.05. The van der Waals surface area contributed by atoms with Gasteiger partial charge in [0.15, 0.2) is 0 Å². The number of nitrogens with two attached hydrogens (primary N) is 1. The van der Waals surface area contributed by atoms with Gasteiger partial charge in [-0.05, 0) is 18.1 Å². The molecule has 1 aromatic carbocycles. The molecule has 17 heavy (non-hydrogen) atoms. The van der Waals surface area contributed by atoms with E-state index in [1.807, 2.05) is 12.1 Å². The molecule has 0 aromatic heterocycles. The molecule has 0 radical (unpaired) electrons. The Bertz CT molecular complexity index is 461. The summed E-state index contributed by atoms with van der Waals surface area (Å²) in [4.78, 5) is 26.2. The second-order valence-electron chi connectivity index (χ2n) is 3.88. The van der Waals surface area contributed by atoms with Crippen molar-refractivity contribution < 1.29 is 19.7 Å². The van der Waals surface area contributed by atoms with Gasteiger partial charge in [0.05, 0.1) is 5.92 Å². The number of hydrogen-bond donors (Lipinski definition) is 3. The number of hydrogen-bond acceptors (Lipinski definition) is 5. The van der Waals surface area contributed by atoms with Gasteiger partial charge in [-0.1, -0.05) is 18.2 Å². The summed E-state index contributed by atoms with van der Waals surface area (Å²) < 4.78 is 0. The van der Waals surface area contributed by atoms with E-state index >= 15 is 0 Å². The van der Waals surface area contributed by atoms with Gasteiger partial charge in [0.25, 0.3) is 0 Å². The van der Waals surface area contributed by atoms with Crippen LogP contribution in [0.1, 0.15) is 17.9 Å². The monoisotopic (exact) mass is 236 g/mol. The Hall–Kier alpha value is -1.92. The molecule has 0 aliphatic carbocycles. The van der Waals surface area contributed by atoms with Crippen LogP contribution in [0.25, 0.3) is 0 Å². The first-order chi connectivity index (χ1) is 8.13. The van der Waals surface area contributed by atoms with Gasteiger partial charge in [-0.3, -0.25) is 9.68 Å². The van der Waals surface area contributed by atoms with E-state index in [1.54, 1.807) is 12.1 Å². The maximum Gasteiger partial charge on any atom is 0.358 e. The van der Waals surface area contributed by atoms with E-state index in [1.165, 1.54) is 0 Å². The molecule has 0 saturated heterocycles. The van der Waals surface area contributed by atoms with Crippen LogP contribution >= 0.6 is 0 Å². The summed E-state index contributed by atoms with van der Waals surface area (Å²) in [6.07, 6.45) is 0.0994. The number of rotatable bonds is 3. The molecule has 0 fully saturated rings. The summed E-state index contributed by atoms with van der Waals surface area (Å²) in [6, 6.07) is 6.17. The van der Waals surface area contributed by atoms with E-state index in [0.29, 0.717) is 0 Å². The second-order valence-corrected chi connectivity index (χ2v) is 3.88. The van der Waals surface area contributed by atoms with Gasteiger partial charge in [0, 0.05) is 5.69 Å². The van der Waals surface area contributed by atoms with E-state index in [-0.39, 0.29) is 12.3 Å². The predicted octanol–water partition coefficient (Wildman–Crippen LogP) is 0.456. The van der Waals surface area contributed by atoms with Crippen molar-refractivity contribution in [3.05, 3.63) is 29.8 Å². The van der Waals surface area contributed by atoms with E-state index in [9.17, 15) is 9.59 Å². The molecular weight excluding hydrogens is 224 g/mol. The number of para-hydroxylation sites is 1. The third-order valence-corrected chi connectivity index (χ3v) is 2.79. The van der Waals surface area contributed by atoms with Crippen LogP contribution in [0.5, 0.6) is 0 Å². The van der Waals surface area contributed by atoms with E-state index in [2.05, 4.69) is 10.2 Å². The summed E-state index contributed by atoms with van der Waals surface area (Å²) in [5, 5.41) is 10.9. The Labute approximate surface area is 97.3 Å². The van der Waals surface area contributed by atoms with Crippen LogP contribution in [0.2, 0.25) is 0 Å². The molecule has 6 heteroatoms. The molecule has 1 aliphatic rings. The van der Waals surface area contributed by atoms with Crippen LogP contribution in [-0.4, -0.2) is 23.2 Å². The molecule has 1 heterocycles. The zero-order valence-corrected chi connectivity index (χ0v) is 8.92. The molecule has 0 spiro atoms. The molecular formula is C11H12N2O4. The maximum atomic E-state index is 11.7. The van der Waals surface area contributed by atoms with Crippen LogP contribution in [0, 0.1) is 0 Å². The highest BCUT2D eigenvalue weighted by molar-refractivity contribution is 6.03. The van der Waals surface area contributed by atoms with Gasteiger partial charge in [0.1, 0.15) is 6.04 Å². The molecule has 4 N–H and O–H groups in total. The fourth-order valence-corrected chi connectivity index (χ4v) is 1.93. The lowest BCUT2D eigenvalue weighted by molar-refractivity contribution is -0.235. The highest BCUT2D eigenvalue weighted by atomic mass is 17.1. The number of carbonyl (C=O) groups excluding carboxylic acids is 2. The lowest BCUT2D eigenvalue weighted by Crippen LogP contribution is -2.34. The molecule has 2 unspecified atom stereocenters. The fraction of sp³-hybridized carbons (Fsp3) is 0.273. The summed E-state index contributed by atoms with van der Waals surface area (Å²) >= 11 is 0. The lowest BCUT2D eigenvalue weighted by Gasteiger charge is -2.12. The molecule has 90 valence electrons. The third kappa shape index (κ3) is 2.13. The summed E-state index contributed by atoms with van der Waals surface area (Å²) in [7, 11) is 0. The maximum absolute atomic E-state index is 11.7. The van der Waals surface area contributed by atoms with Crippen LogP contribution in [-0.2, 0) is 14.5 Å². The Morgan fingerprint density at radius 1 is 1.53 bits per heavy atom. The molecule has 1 aromatic rings. The van der Waals surface area contributed by atoms with Gasteiger partial charge >= 0.3 is 5.97 Å². The largest absolute Gasteiger partial charge is 0.358 e. The minimum Gasteiger partial charge on any atom is -0.325 e. The first-order valence-corrected chi connectivity index (χ1v) is 5.14. The Balaban J connectivity index is 2.17. The number of anilines is 1. The van der Waals surface area contributed by atoms with Crippen molar-refractivity contribution >= 4 is 17.6 Å². The minimum absolute atomic E-state index is 0.0994. The van der Waals surface area contributed by atoms with E-state index in [0.717, 1.165) is 11.3 Å². The molecule has 0 bridgehead atoms. The number of nitrogens with one attached hydrogen (secondary N) is 1. The normalized spacial score (nSPS) is 19.4. The first kappa shape index (κ1) is 11.6. The SMILES string of the molecule is NC(CC1C(=O)Nc2ccccc21)C(=O)OO. The molecule has 1 amide bonds. The third-order valence-electron chi connectivity index (χ3n) is 2.79. The van der Waals surface area contributed by atoms with Crippen molar-refractivity contribution in [3.8, 4) is 0 Å². The lowest BCUT2D eigenvalue weighted by atomic mass is 9.94. The molecule has 1 aliphatic heterocycles. The Morgan fingerprint density at radius 3 is 2.94 bits per heavy atom. The smallest absolute Gasteiger partial charge is 0.325 e. The predicted molar refractivity (Wildman–Crippen MR) is 59.1 cm³/mol. The van der Waals surface area contributed by atoms with Crippen molar-refractivity contribution in [2.45, 2.75) is 18.4 Å². The topological polar surface area (TPSA) is 102 Å². The molecule has 6 nitrogen and oxygen atoms in total. The van der Waals surface area contributed by atoms with Crippen LogP contribution in [0.15, 0.2) is 24.3 Å². The minimum atomic E-state index is -1.03. The summed E-state index contributed by atoms with van der Waals surface area (Å²) in [6.45, 7) is 0. The van der Waals surface area contributed by atoms with E-state index in [4.69, 9.17) is 11.0 Å². The highest BCUT2D eigenvalue weighted by Gasteiger charge is 2.33. The second kappa shape index (κ2) is 4.52. The molecule has 0 saturated carbocycles. The van der Waals surface area contributed by atoms with Gasteiger partial charge in [0.2, 0.25) is 5.91 Å². The van der Waals surface area contributed by atoms with E-state index < -0.39 is 17.9 Å². The highest BCUT2D eigenvalue weighted by Crippen LogP contribution is 2.34. The quantitative estimate of drug-likeness (QED) is 0.522. The van der Waals surface area contributed by atoms with Crippen molar-refractivity contribution in [2.24, 2.45) is 5.73 Å². The average Bonchev–Trinajstić information content (AvgIpc) is 2.65. The first-order valence-electron chi connectivity index (χ1n) is 5.14. The number of benzene rings is 1. The fourth-order valence-electron chi connectivity index (χ4n) is 1.93. The van der Waals surface area contributed by atoms with Crippen LogP contribution in [0.4, 0.5) is 5.69 Å².